The standard InChI is InChI=1S/C26H34N2O2/c1-18-13-14-24(21(15-18)26(2,3)4)30-17-20(29)16-28-23-12-8-7-11-22(23)27-25(28)19-9-5-6-10-19/h7-8,11-15,19-20,29H,5-6,9-10,16-17H2,1-4H3. The molecule has 0 saturated heterocycles. The number of nitrogens with zero attached hydrogens (tertiary/aromatic N) is 2. The van der Waals surface area contributed by atoms with Gasteiger partial charge < -0.3 is 14.4 Å². The van der Waals surface area contributed by atoms with Crippen molar-refractivity contribution >= 4 is 11.0 Å². The summed E-state index contributed by atoms with van der Waals surface area (Å²) in [5.74, 6) is 2.48. The van der Waals surface area contributed by atoms with Crippen LogP contribution in [0.15, 0.2) is 42.5 Å². The molecular formula is C26H34N2O2. The lowest BCUT2D eigenvalue weighted by Gasteiger charge is -2.24. The number of aliphatic hydroxyl groups excluding tert-OH is 1. The number of rotatable bonds is 6. The quantitative estimate of drug-likeness (QED) is 0.568. The smallest absolute Gasteiger partial charge is 0.123 e. The average Bonchev–Trinajstić information content (AvgIpc) is 3.35. The third-order valence-electron chi connectivity index (χ3n) is 6.17. The van der Waals surface area contributed by atoms with Gasteiger partial charge in [0.15, 0.2) is 0 Å². The maximum absolute atomic E-state index is 10.9. The fourth-order valence-electron chi connectivity index (χ4n) is 4.59. The number of imidazole rings is 1. The third-order valence-corrected chi connectivity index (χ3v) is 6.17. The number of aromatic nitrogens is 2. The summed E-state index contributed by atoms with van der Waals surface area (Å²) in [6.45, 7) is 9.44. The van der Waals surface area contributed by atoms with Crippen LogP contribution in [0.2, 0.25) is 0 Å². The molecule has 2 aromatic carbocycles. The summed E-state index contributed by atoms with van der Waals surface area (Å²) in [6, 6.07) is 14.5. The predicted molar refractivity (Wildman–Crippen MR) is 122 cm³/mol. The first-order valence-electron chi connectivity index (χ1n) is 11.2. The topological polar surface area (TPSA) is 47.3 Å². The van der Waals surface area contributed by atoms with Gasteiger partial charge in [0.25, 0.3) is 0 Å². The van der Waals surface area contributed by atoms with Gasteiger partial charge in [-0.1, -0.05) is 63.4 Å². The molecule has 0 aliphatic heterocycles. The van der Waals surface area contributed by atoms with Crippen molar-refractivity contribution in [2.45, 2.75) is 77.4 Å². The molecule has 1 unspecified atom stereocenters. The first-order valence-corrected chi connectivity index (χ1v) is 11.2. The minimum absolute atomic E-state index is 0.0114. The number of aryl methyl sites for hydroxylation is 1. The van der Waals surface area contributed by atoms with Crippen molar-refractivity contribution in [1.29, 1.82) is 0 Å². The Bertz CT molecular complexity index is 1010. The van der Waals surface area contributed by atoms with E-state index < -0.39 is 6.10 Å². The number of aliphatic hydroxyl groups is 1. The molecule has 4 heteroatoms. The molecule has 0 radical (unpaired) electrons. The lowest BCUT2D eigenvalue weighted by atomic mass is 9.85. The van der Waals surface area contributed by atoms with Gasteiger partial charge in [-0.3, -0.25) is 0 Å². The van der Waals surface area contributed by atoms with Crippen LogP contribution in [-0.4, -0.2) is 27.4 Å². The molecular weight excluding hydrogens is 372 g/mol. The molecule has 160 valence electrons. The second-order valence-corrected chi connectivity index (χ2v) is 9.77. The second kappa shape index (κ2) is 8.43. The summed E-state index contributed by atoms with van der Waals surface area (Å²) in [7, 11) is 0. The monoisotopic (exact) mass is 406 g/mol. The summed E-state index contributed by atoms with van der Waals surface area (Å²) in [4.78, 5) is 4.93. The number of hydrogen-bond acceptors (Lipinski definition) is 3. The largest absolute Gasteiger partial charge is 0.491 e. The zero-order valence-electron chi connectivity index (χ0n) is 18.7. The third kappa shape index (κ3) is 4.39. The first kappa shape index (κ1) is 20.9. The maximum atomic E-state index is 10.9. The maximum Gasteiger partial charge on any atom is 0.123 e. The Kier molecular flexibility index (Phi) is 5.88. The molecule has 1 aromatic heterocycles. The van der Waals surface area contributed by atoms with Crippen LogP contribution in [0.1, 0.15) is 69.3 Å². The van der Waals surface area contributed by atoms with Crippen LogP contribution < -0.4 is 4.74 Å². The highest BCUT2D eigenvalue weighted by molar-refractivity contribution is 5.76. The molecule has 4 nitrogen and oxygen atoms in total. The molecule has 1 fully saturated rings. The van der Waals surface area contributed by atoms with E-state index in [0.29, 0.717) is 12.5 Å². The lowest BCUT2D eigenvalue weighted by Crippen LogP contribution is -2.26. The van der Waals surface area contributed by atoms with Crippen molar-refractivity contribution in [3.8, 4) is 5.75 Å². The van der Waals surface area contributed by atoms with Gasteiger partial charge in [0.05, 0.1) is 17.6 Å². The van der Waals surface area contributed by atoms with E-state index in [-0.39, 0.29) is 12.0 Å². The van der Waals surface area contributed by atoms with Gasteiger partial charge in [0, 0.05) is 5.92 Å². The number of fused-ring (bicyclic) bond motifs is 1. The fraction of sp³-hybridized carbons (Fsp3) is 0.500. The van der Waals surface area contributed by atoms with Crippen LogP contribution in [0.25, 0.3) is 11.0 Å². The van der Waals surface area contributed by atoms with Gasteiger partial charge in [0.1, 0.15) is 24.3 Å². The van der Waals surface area contributed by atoms with Crippen LogP contribution in [-0.2, 0) is 12.0 Å². The lowest BCUT2D eigenvalue weighted by molar-refractivity contribution is 0.0914. The van der Waals surface area contributed by atoms with E-state index in [1.54, 1.807) is 0 Å². The predicted octanol–water partition coefficient (Wildman–Crippen LogP) is 5.74. The van der Waals surface area contributed by atoms with Crippen molar-refractivity contribution in [2.75, 3.05) is 6.61 Å². The molecule has 1 heterocycles. The van der Waals surface area contributed by atoms with E-state index in [1.807, 2.05) is 18.2 Å². The highest BCUT2D eigenvalue weighted by Gasteiger charge is 2.25. The first-order chi connectivity index (χ1) is 14.3. The van der Waals surface area contributed by atoms with Gasteiger partial charge in [-0.25, -0.2) is 4.98 Å². The van der Waals surface area contributed by atoms with E-state index in [9.17, 15) is 5.11 Å². The van der Waals surface area contributed by atoms with E-state index in [0.717, 1.165) is 22.6 Å². The van der Waals surface area contributed by atoms with Crippen molar-refractivity contribution in [1.82, 2.24) is 9.55 Å². The summed E-state index contributed by atoms with van der Waals surface area (Å²) in [5, 5.41) is 10.9. The summed E-state index contributed by atoms with van der Waals surface area (Å²) >= 11 is 0. The SMILES string of the molecule is Cc1ccc(OCC(O)Cn2c(C3CCCC3)nc3ccccc32)c(C(C)(C)C)c1. The van der Waals surface area contributed by atoms with E-state index in [1.165, 1.54) is 36.8 Å². The molecule has 1 saturated carbocycles. The minimum Gasteiger partial charge on any atom is -0.491 e. The fourth-order valence-corrected chi connectivity index (χ4v) is 4.59. The highest BCUT2D eigenvalue weighted by Crippen LogP contribution is 2.35. The Morgan fingerprint density at radius 3 is 2.60 bits per heavy atom. The van der Waals surface area contributed by atoms with E-state index in [4.69, 9.17) is 9.72 Å². The molecule has 30 heavy (non-hydrogen) atoms. The van der Waals surface area contributed by atoms with Crippen molar-refractivity contribution in [3.63, 3.8) is 0 Å². The zero-order chi connectivity index (χ0) is 21.3. The molecule has 1 N–H and O–H groups in total. The molecule has 1 atom stereocenters. The number of benzene rings is 2. The Morgan fingerprint density at radius 1 is 1.13 bits per heavy atom. The van der Waals surface area contributed by atoms with Gasteiger partial charge >= 0.3 is 0 Å². The molecule has 0 bridgehead atoms. The number of para-hydroxylation sites is 2. The number of ether oxygens (including phenoxy) is 1. The second-order valence-electron chi connectivity index (χ2n) is 9.77. The zero-order valence-corrected chi connectivity index (χ0v) is 18.7. The van der Waals surface area contributed by atoms with Crippen LogP contribution in [0, 0.1) is 6.92 Å². The molecule has 3 aromatic rings. The summed E-state index contributed by atoms with van der Waals surface area (Å²) in [6.07, 6.45) is 4.31. The highest BCUT2D eigenvalue weighted by atomic mass is 16.5. The van der Waals surface area contributed by atoms with Crippen LogP contribution in [0.4, 0.5) is 0 Å². The molecule has 1 aliphatic rings. The Hall–Kier alpha value is -2.33. The van der Waals surface area contributed by atoms with Gasteiger partial charge in [-0.05, 0) is 48.9 Å². The van der Waals surface area contributed by atoms with Crippen LogP contribution >= 0.6 is 0 Å². The van der Waals surface area contributed by atoms with Crippen LogP contribution in [0.3, 0.4) is 0 Å². The van der Waals surface area contributed by atoms with Crippen molar-refractivity contribution < 1.29 is 9.84 Å². The van der Waals surface area contributed by atoms with Crippen LogP contribution in [0.5, 0.6) is 5.75 Å². The van der Waals surface area contributed by atoms with Crippen molar-refractivity contribution in [3.05, 3.63) is 59.4 Å². The molecule has 4 rings (SSSR count). The van der Waals surface area contributed by atoms with Gasteiger partial charge in [-0.2, -0.15) is 0 Å². The normalized spacial score (nSPS) is 16.3. The summed E-state index contributed by atoms with van der Waals surface area (Å²) in [5.41, 5.74) is 4.50. The van der Waals surface area contributed by atoms with Gasteiger partial charge in [0.2, 0.25) is 0 Å². The molecule has 0 spiro atoms. The van der Waals surface area contributed by atoms with E-state index >= 15 is 0 Å². The average molecular weight is 407 g/mol. The molecule has 1 aliphatic carbocycles. The van der Waals surface area contributed by atoms with Crippen molar-refractivity contribution in [2.24, 2.45) is 0 Å². The number of hydrogen-bond donors (Lipinski definition) is 1. The van der Waals surface area contributed by atoms with Gasteiger partial charge in [-0.15, -0.1) is 0 Å². The Morgan fingerprint density at radius 2 is 1.87 bits per heavy atom. The Labute approximate surface area is 179 Å². The minimum atomic E-state index is -0.600. The van der Waals surface area contributed by atoms with E-state index in [2.05, 4.69) is 56.5 Å². The summed E-state index contributed by atoms with van der Waals surface area (Å²) < 4.78 is 8.34. The molecule has 0 amide bonds. The Balaban J connectivity index is 1.53.